The van der Waals surface area contributed by atoms with E-state index in [1.807, 2.05) is 31.4 Å². The number of methoxy groups -OCH3 is 1. The van der Waals surface area contributed by atoms with Crippen LogP contribution in [-0.4, -0.2) is 38.0 Å². The number of hydrogen-bond acceptors (Lipinski definition) is 4. The molecule has 1 aliphatic heterocycles. The number of anilines is 1. The zero-order valence-corrected chi connectivity index (χ0v) is 17.1. The summed E-state index contributed by atoms with van der Waals surface area (Å²) in [6.45, 7) is 4.27. The van der Waals surface area contributed by atoms with Crippen molar-refractivity contribution in [2.24, 2.45) is 5.92 Å². The van der Waals surface area contributed by atoms with Gasteiger partial charge in [-0.3, -0.25) is 0 Å². The topological polar surface area (TPSA) is 41.9 Å². The van der Waals surface area contributed by atoms with Crippen LogP contribution in [0.15, 0.2) is 48.5 Å². The Balaban J connectivity index is 1.74. The van der Waals surface area contributed by atoms with Crippen LogP contribution in [-0.2, 0) is 4.74 Å². The summed E-state index contributed by atoms with van der Waals surface area (Å²) in [6.07, 6.45) is 5.68. The van der Waals surface area contributed by atoms with E-state index >= 15 is 0 Å². The van der Waals surface area contributed by atoms with Gasteiger partial charge in [0.25, 0.3) is 0 Å². The number of nitrogens with zero attached hydrogens (tertiary/aromatic N) is 1. The minimum Gasteiger partial charge on any atom is -0.455 e. The summed E-state index contributed by atoms with van der Waals surface area (Å²) in [5.74, 6) is 2.40. The summed E-state index contributed by atoms with van der Waals surface area (Å²) in [5, 5.41) is 9.00. The van der Waals surface area contributed by atoms with Crippen molar-refractivity contribution in [2.75, 3.05) is 31.7 Å². The predicted octanol–water partition coefficient (Wildman–Crippen LogP) is 5.18. The molecule has 152 valence electrons. The molecule has 3 rings (SSSR count). The number of aliphatic hydroxyl groups is 1. The third-order valence-corrected chi connectivity index (χ3v) is 5.62. The van der Waals surface area contributed by atoms with Crippen LogP contribution in [0.5, 0.6) is 11.5 Å². The largest absolute Gasteiger partial charge is 0.455 e. The molecule has 2 atom stereocenters. The fourth-order valence-electron chi connectivity index (χ4n) is 4.05. The van der Waals surface area contributed by atoms with Gasteiger partial charge in [0.05, 0.1) is 11.8 Å². The lowest BCUT2D eigenvalue weighted by molar-refractivity contribution is 0.0691. The van der Waals surface area contributed by atoms with Crippen molar-refractivity contribution in [1.29, 1.82) is 0 Å². The lowest BCUT2D eigenvalue weighted by atomic mass is 9.90. The molecule has 2 aromatic carbocycles. The summed E-state index contributed by atoms with van der Waals surface area (Å²) >= 11 is 0. The Morgan fingerprint density at radius 2 is 1.71 bits per heavy atom. The van der Waals surface area contributed by atoms with Crippen molar-refractivity contribution >= 4 is 5.69 Å². The molecule has 0 bridgehead atoms. The highest BCUT2D eigenvalue weighted by atomic mass is 16.5. The molecule has 0 saturated carbocycles. The number of benzene rings is 2. The van der Waals surface area contributed by atoms with Crippen molar-refractivity contribution in [2.45, 2.75) is 45.1 Å². The summed E-state index contributed by atoms with van der Waals surface area (Å²) in [5.41, 5.74) is 2.26. The zero-order chi connectivity index (χ0) is 19.8. The highest BCUT2D eigenvalue weighted by Gasteiger charge is 2.28. The third-order valence-electron chi connectivity index (χ3n) is 5.62. The van der Waals surface area contributed by atoms with Gasteiger partial charge in [-0.05, 0) is 55.9 Å². The maximum Gasteiger partial charge on any atom is 0.150 e. The van der Waals surface area contributed by atoms with Gasteiger partial charge in [-0.25, -0.2) is 0 Å². The van der Waals surface area contributed by atoms with E-state index in [9.17, 15) is 0 Å². The third kappa shape index (κ3) is 5.49. The number of aryl methyl sites for hydroxylation is 1. The van der Waals surface area contributed by atoms with Gasteiger partial charge >= 0.3 is 0 Å². The molecular weight excluding hydrogens is 350 g/mol. The Kier molecular flexibility index (Phi) is 7.75. The average molecular weight is 384 g/mol. The fraction of sp³-hybridized carbons (Fsp3) is 0.500. The number of ether oxygens (including phenoxy) is 2. The molecule has 0 spiro atoms. The van der Waals surface area contributed by atoms with E-state index in [4.69, 9.17) is 14.6 Å². The molecule has 4 nitrogen and oxygen atoms in total. The number of rotatable bonds is 9. The van der Waals surface area contributed by atoms with E-state index in [2.05, 4.69) is 36.1 Å². The monoisotopic (exact) mass is 383 g/mol. The molecule has 0 aliphatic carbocycles. The Morgan fingerprint density at radius 3 is 2.46 bits per heavy atom. The Hall–Kier alpha value is -2.04. The maximum atomic E-state index is 9.00. The highest BCUT2D eigenvalue weighted by molar-refractivity contribution is 5.60. The standard InChI is InChI=1S/C24H33NO3/c1-19-10-5-7-13-23(19)28-24-14-8-6-12-22(24)25-17-20(11-4-3-9-15-26)16-21(18-25)27-2/h5-8,10,12-14,20-21,26H,3-4,9,11,15-18H2,1-2H3/t20-,21+/m1/s1. The molecule has 0 radical (unpaired) electrons. The second-order valence-electron chi connectivity index (χ2n) is 7.77. The van der Waals surface area contributed by atoms with Crippen molar-refractivity contribution < 1.29 is 14.6 Å². The predicted molar refractivity (Wildman–Crippen MR) is 114 cm³/mol. The smallest absolute Gasteiger partial charge is 0.150 e. The number of piperidine rings is 1. The summed E-state index contributed by atoms with van der Waals surface area (Å²) in [6, 6.07) is 16.4. The van der Waals surface area contributed by atoms with E-state index < -0.39 is 0 Å². The molecule has 4 heteroatoms. The molecule has 1 fully saturated rings. The lowest BCUT2D eigenvalue weighted by Crippen LogP contribution is -2.44. The molecule has 1 saturated heterocycles. The van der Waals surface area contributed by atoms with Crippen molar-refractivity contribution in [3.05, 3.63) is 54.1 Å². The Labute approximate surface area is 169 Å². The number of aliphatic hydroxyl groups excluding tert-OH is 1. The van der Waals surface area contributed by atoms with Gasteiger partial charge in [0.2, 0.25) is 0 Å². The first-order valence-electron chi connectivity index (χ1n) is 10.4. The van der Waals surface area contributed by atoms with Gasteiger partial charge in [0, 0.05) is 26.8 Å². The molecule has 0 aromatic heterocycles. The molecule has 1 N–H and O–H groups in total. The number of unbranched alkanes of at least 4 members (excludes halogenated alkanes) is 2. The van der Waals surface area contributed by atoms with Crippen LogP contribution < -0.4 is 9.64 Å². The molecule has 28 heavy (non-hydrogen) atoms. The minimum absolute atomic E-state index is 0.239. The molecular formula is C24H33NO3. The second-order valence-corrected chi connectivity index (χ2v) is 7.77. The van der Waals surface area contributed by atoms with E-state index in [1.54, 1.807) is 0 Å². The van der Waals surface area contributed by atoms with Crippen LogP contribution in [0.2, 0.25) is 0 Å². The van der Waals surface area contributed by atoms with Crippen LogP contribution in [0.3, 0.4) is 0 Å². The SMILES string of the molecule is CO[C@H]1C[C@@H](CCCCCO)CN(c2ccccc2Oc2ccccc2C)C1. The van der Waals surface area contributed by atoms with Gasteiger partial charge in [-0.15, -0.1) is 0 Å². The first-order valence-corrected chi connectivity index (χ1v) is 10.4. The number of hydrogen-bond donors (Lipinski definition) is 1. The normalized spacial score (nSPS) is 19.6. The maximum absolute atomic E-state index is 9.00. The first-order chi connectivity index (χ1) is 13.7. The first kappa shape index (κ1) is 20.7. The molecule has 1 heterocycles. The Bertz CT molecular complexity index is 733. The van der Waals surface area contributed by atoms with E-state index in [1.165, 1.54) is 6.42 Å². The highest BCUT2D eigenvalue weighted by Crippen LogP contribution is 2.36. The van der Waals surface area contributed by atoms with Crippen molar-refractivity contribution in [1.82, 2.24) is 0 Å². The minimum atomic E-state index is 0.239. The van der Waals surface area contributed by atoms with Crippen LogP contribution >= 0.6 is 0 Å². The van der Waals surface area contributed by atoms with Crippen molar-refractivity contribution in [3.8, 4) is 11.5 Å². The summed E-state index contributed by atoms with van der Waals surface area (Å²) in [7, 11) is 1.81. The van der Waals surface area contributed by atoms with Crippen molar-refractivity contribution in [3.63, 3.8) is 0 Å². The van der Waals surface area contributed by atoms with Crippen LogP contribution in [0.25, 0.3) is 0 Å². The molecule has 0 amide bonds. The quantitative estimate of drug-likeness (QED) is 0.606. The van der Waals surface area contributed by atoms with E-state index in [0.29, 0.717) is 12.5 Å². The van der Waals surface area contributed by atoms with Crippen LogP contribution in [0, 0.1) is 12.8 Å². The molecule has 0 unspecified atom stereocenters. The molecule has 2 aromatic rings. The fourth-order valence-corrected chi connectivity index (χ4v) is 4.05. The lowest BCUT2D eigenvalue weighted by Gasteiger charge is -2.39. The zero-order valence-electron chi connectivity index (χ0n) is 17.1. The van der Waals surface area contributed by atoms with Gasteiger partial charge < -0.3 is 19.5 Å². The Morgan fingerprint density at radius 1 is 0.964 bits per heavy atom. The number of para-hydroxylation sites is 3. The molecule has 1 aliphatic rings. The van der Waals surface area contributed by atoms with Crippen LogP contribution in [0.1, 0.15) is 37.7 Å². The van der Waals surface area contributed by atoms with Gasteiger partial charge in [0.15, 0.2) is 5.75 Å². The van der Waals surface area contributed by atoms with Gasteiger partial charge in [0.1, 0.15) is 5.75 Å². The summed E-state index contributed by atoms with van der Waals surface area (Å²) < 4.78 is 12.1. The van der Waals surface area contributed by atoms with Crippen LogP contribution in [0.4, 0.5) is 5.69 Å². The van der Waals surface area contributed by atoms with E-state index in [0.717, 1.165) is 61.5 Å². The van der Waals surface area contributed by atoms with E-state index in [-0.39, 0.29) is 6.10 Å². The van der Waals surface area contributed by atoms with Gasteiger partial charge in [-0.1, -0.05) is 43.2 Å². The average Bonchev–Trinajstić information content (AvgIpc) is 2.73. The summed E-state index contributed by atoms with van der Waals surface area (Å²) in [4.78, 5) is 2.42. The van der Waals surface area contributed by atoms with Gasteiger partial charge in [-0.2, -0.15) is 0 Å². The second kappa shape index (κ2) is 10.5.